The van der Waals surface area contributed by atoms with E-state index in [0.717, 1.165) is 35.7 Å². The first kappa shape index (κ1) is 13.0. The molecule has 0 heterocycles. The molecule has 2 N–H and O–H groups in total. The van der Waals surface area contributed by atoms with Crippen molar-refractivity contribution in [2.75, 3.05) is 0 Å². The van der Waals surface area contributed by atoms with E-state index in [-0.39, 0.29) is 11.4 Å². The number of rotatable bonds is 2. The fourth-order valence-corrected chi connectivity index (χ4v) is 3.50. The predicted octanol–water partition coefficient (Wildman–Crippen LogP) is 4.04. The largest absolute Gasteiger partial charge is 0.325 e. The van der Waals surface area contributed by atoms with Gasteiger partial charge < -0.3 is 5.73 Å². The Morgan fingerprint density at radius 2 is 2.00 bits per heavy atom. The van der Waals surface area contributed by atoms with Crippen LogP contribution in [0.2, 0.25) is 0 Å². The molecule has 0 bridgehead atoms. The Morgan fingerprint density at radius 1 is 1.29 bits per heavy atom. The summed E-state index contributed by atoms with van der Waals surface area (Å²) in [5.74, 6) is -0.199. The van der Waals surface area contributed by atoms with Gasteiger partial charge in [0.2, 0.25) is 0 Å². The molecule has 0 spiro atoms. The van der Waals surface area contributed by atoms with Gasteiger partial charge in [0.05, 0.1) is 0 Å². The second-order valence-electron chi connectivity index (χ2n) is 6.16. The van der Waals surface area contributed by atoms with Gasteiger partial charge in [0.25, 0.3) is 0 Å². The average Bonchev–Trinajstić information content (AvgIpc) is 2.37. The van der Waals surface area contributed by atoms with Crippen LogP contribution in [0.15, 0.2) is 22.7 Å². The molecule has 1 atom stereocenters. The molecule has 17 heavy (non-hydrogen) atoms. The third-order valence-electron chi connectivity index (χ3n) is 3.61. The molecule has 1 aromatic carbocycles. The van der Waals surface area contributed by atoms with Crippen LogP contribution in [0.25, 0.3) is 0 Å². The molecule has 2 rings (SSSR count). The molecule has 1 fully saturated rings. The zero-order chi connectivity index (χ0) is 12.7. The van der Waals surface area contributed by atoms with E-state index in [9.17, 15) is 4.39 Å². The van der Waals surface area contributed by atoms with E-state index in [1.54, 1.807) is 6.07 Å². The summed E-state index contributed by atoms with van der Waals surface area (Å²) in [5.41, 5.74) is 7.56. The summed E-state index contributed by atoms with van der Waals surface area (Å²) in [6.07, 6.45) is 3.94. The molecule has 1 nitrogen and oxygen atoms in total. The first-order chi connectivity index (χ1) is 7.78. The lowest BCUT2D eigenvalue weighted by atomic mass is 9.85. The molecule has 3 heteroatoms. The van der Waals surface area contributed by atoms with Gasteiger partial charge in [-0.25, -0.2) is 4.39 Å². The van der Waals surface area contributed by atoms with Crippen LogP contribution < -0.4 is 5.73 Å². The highest BCUT2D eigenvalue weighted by Crippen LogP contribution is 2.43. The maximum absolute atomic E-state index is 13.3. The smallest absolute Gasteiger partial charge is 0.124 e. The first-order valence-corrected chi connectivity index (χ1v) is 6.81. The lowest BCUT2D eigenvalue weighted by molar-refractivity contribution is 0.334. The van der Waals surface area contributed by atoms with Crippen molar-refractivity contribution in [1.82, 2.24) is 0 Å². The summed E-state index contributed by atoms with van der Waals surface area (Å²) < 4.78 is 14.1. The van der Waals surface area contributed by atoms with E-state index >= 15 is 0 Å². The molecule has 0 radical (unpaired) electrons. The van der Waals surface area contributed by atoms with Gasteiger partial charge in [-0.1, -0.05) is 29.8 Å². The zero-order valence-electron chi connectivity index (χ0n) is 10.4. The SMILES string of the molecule is CC1(C)CCC(N)(Cc2cc(F)cc(Br)c2)C1. The van der Waals surface area contributed by atoms with Crippen molar-refractivity contribution in [3.8, 4) is 0 Å². The van der Waals surface area contributed by atoms with Crippen LogP contribution in [-0.4, -0.2) is 5.54 Å². The van der Waals surface area contributed by atoms with E-state index in [4.69, 9.17) is 5.73 Å². The van der Waals surface area contributed by atoms with Gasteiger partial charge in [0.1, 0.15) is 5.82 Å². The number of benzene rings is 1. The fourth-order valence-electron chi connectivity index (χ4n) is 2.99. The van der Waals surface area contributed by atoms with Crippen LogP contribution in [-0.2, 0) is 6.42 Å². The summed E-state index contributed by atoms with van der Waals surface area (Å²) in [7, 11) is 0. The van der Waals surface area contributed by atoms with Crippen LogP contribution in [0.1, 0.15) is 38.7 Å². The van der Waals surface area contributed by atoms with Crippen LogP contribution in [0.5, 0.6) is 0 Å². The molecule has 1 aliphatic carbocycles. The maximum atomic E-state index is 13.3. The predicted molar refractivity (Wildman–Crippen MR) is 72.4 cm³/mol. The minimum Gasteiger partial charge on any atom is -0.325 e. The number of nitrogens with two attached hydrogens (primary N) is 1. The molecule has 1 saturated carbocycles. The molecular weight excluding hydrogens is 281 g/mol. The Hall–Kier alpha value is -0.410. The molecule has 0 aromatic heterocycles. The molecule has 1 unspecified atom stereocenters. The molecule has 94 valence electrons. The van der Waals surface area contributed by atoms with E-state index in [1.165, 1.54) is 6.07 Å². The molecule has 1 aromatic rings. The zero-order valence-corrected chi connectivity index (χ0v) is 12.0. The second-order valence-corrected chi connectivity index (χ2v) is 7.07. The lowest BCUT2D eigenvalue weighted by Gasteiger charge is -2.26. The van der Waals surface area contributed by atoms with Crippen molar-refractivity contribution < 1.29 is 4.39 Å². The van der Waals surface area contributed by atoms with Crippen molar-refractivity contribution >= 4 is 15.9 Å². The van der Waals surface area contributed by atoms with Crippen LogP contribution in [0.3, 0.4) is 0 Å². The molecule has 0 amide bonds. The summed E-state index contributed by atoms with van der Waals surface area (Å²) in [4.78, 5) is 0. The summed E-state index contributed by atoms with van der Waals surface area (Å²) in [6.45, 7) is 4.51. The number of halogens is 2. The Bertz CT molecular complexity index is 410. The molecule has 0 aliphatic heterocycles. The second kappa shape index (κ2) is 4.36. The highest BCUT2D eigenvalue weighted by molar-refractivity contribution is 9.10. The highest BCUT2D eigenvalue weighted by atomic mass is 79.9. The highest BCUT2D eigenvalue weighted by Gasteiger charge is 2.40. The molecule has 1 aliphatic rings. The standard InChI is InChI=1S/C14H19BrFN/c1-13(2)3-4-14(17,9-13)8-10-5-11(15)7-12(16)6-10/h5-7H,3-4,8-9,17H2,1-2H3. The van der Waals surface area contributed by atoms with E-state index in [1.807, 2.05) is 6.07 Å². The minimum atomic E-state index is -0.199. The Balaban J connectivity index is 2.16. The van der Waals surface area contributed by atoms with Crippen molar-refractivity contribution in [2.45, 2.75) is 45.1 Å². The number of hydrogen-bond acceptors (Lipinski definition) is 1. The van der Waals surface area contributed by atoms with Gasteiger partial charge in [-0.3, -0.25) is 0 Å². The normalized spacial score (nSPS) is 27.4. The monoisotopic (exact) mass is 299 g/mol. The number of hydrogen-bond donors (Lipinski definition) is 1. The minimum absolute atomic E-state index is 0.170. The topological polar surface area (TPSA) is 26.0 Å². The van der Waals surface area contributed by atoms with Crippen LogP contribution in [0, 0.1) is 11.2 Å². The molecular formula is C14H19BrFN. The van der Waals surface area contributed by atoms with Gasteiger partial charge in [-0.2, -0.15) is 0 Å². The quantitative estimate of drug-likeness (QED) is 0.876. The lowest BCUT2D eigenvalue weighted by Crippen LogP contribution is -2.40. The van der Waals surface area contributed by atoms with Gasteiger partial charge >= 0.3 is 0 Å². The van der Waals surface area contributed by atoms with Crippen molar-refractivity contribution in [3.05, 3.63) is 34.1 Å². The third-order valence-corrected chi connectivity index (χ3v) is 4.07. The van der Waals surface area contributed by atoms with Gasteiger partial charge in [-0.05, 0) is 54.9 Å². The average molecular weight is 300 g/mol. The fraction of sp³-hybridized carbons (Fsp3) is 0.571. The van der Waals surface area contributed by atoms with Crippen LogP contribution >= 0.6 is 15.9 Å². The van der Waals surface area contributed by atoms with Gasteiger partial charge in [0.15, 0.2) is 0 Å². The Kier molecular flexibility index (Phi) is 3.34. The first-order valence-electron chi connectivity index (χ1n) is 6.02. The van der Waals surface area contributed by atoms with Gasteiger partial charge in [0, 0.05) is 10.0 Å². The third kappa shape index (κ3) is 3.29. The van der Waals surface area contributed by atoms with Crippen molar-refractivity contribution in [3.63, 3.8) is 0 Å². The van der Waals surface area contributed by atoms with E-state index < -0.39 is 0 Å². The Labute approximate surface area is 111 Å². The van der Waals surface area contributed by atoms with Crippen molar-refractivity contribution in [2.24, 2.45) is 11.1 Å². The molecule has 0 saturated heterocycles. The van der Waals surface area contributed by atoms with Crippen molar-refractivity contribution in [1.29, 1.82) is 0 Å². The van der Waals surface area contributed by atoms with E-state index in [0.29, 0.717) is 5.41 Å². The Morgan fingerprint density at radius 3 is 2.53 bits per heavy atom. The van der Waals surface area contributed by atoms with Crippen LogP contribution in [0.4, 0.5) is 4.39 Å². The van der Waals surface area contributed by atoms with E-state index in [2.05, 4.69) is 29.8 Å². The summed E-state index contributed by atoms with van der Waals surface area (Å²) in [5, 5.41) is 0. The maximum Gasteiger partial charge on any atom is 0.124 e. The summed E-state index contributed by atoms with van der Waals surface area (Å²) >= 11 is 3.32. The summed E-state index contributed by atoms with van der Waals surface area (Å²) in [6, 6.07) is 5.03. The van der Waals surface area contributed by atoms with Gasteiger partial charge in [-0.15, -0.1) is 0 Å².